The molecule has 1 fully saturated rings. The van der Waals surface area contributed by atoms with Gasteiger partial charge in [-0.05, 0) is 43.4 Å². The summed E-state index contributed by atoms with van der Waals surface area (Å²) in [6, 6.07) is 9.11. The van der Waals surface area contributed by atoms with E-state index < -0.39 is 0 Å². The molecule has 2 heteroatoms. The summed E-state index contributed by atoms with van der Waals surface area (Å²) in [5.74, 6) is 1.68. The highest BCUT2D eigenvalue weighted by Gasteiger charge is 2.21. The van der Waals surface area contributed by atoms with Crippen LogP contribution in [0.1, 0.15) is 25.3 Å². The molecule has 0 bridgehead atoms. The van der Waals surface area contributed by atoms with Crippen molar-refractivity contribution >= 4 is 0 Å². The van der Waals surface area contributed by atoms with Gasteiger partial charge in [0.25, 0.3) is 0 Å². The Morgan fingerprint density at radius 1 is 1.38 bits per heavy atom. The smallest absolute Gasteiger partial charge is 0.122 e. The van der Waals surface area contributed by atoms with Crippen LogP contribution in [0.5, 0.6) is 5.75 Å². The molecule has 1 aromatic rings. The first-order chi connectivity index (χ1) is 7.79. The number of methoxy groups -OCH3 is 1. The van der Waals surface area contributed by atoms with E-state index in [4.69, 9.17) is 4.74 Å². The average Bonchev–Trinajstić information content (AvgIpc) is 3.11. The summed E-state index contributed by atoms with van der Waals surface area (Å²) in [5, 5.41) is 3.57. The lowest BCUT2D eigenvalue weighted by molar-refractivity contribution is 0.404. The van der Waals surface area contributed by atoms with Gasteiger partial charge in [0.1, 0.15) is 5.75 Å². The molecule has 0 aliphatic heterocycles. The van der Waals surface area contributed by atoms with Crippen LogP contribution in [0.25, 0.3) is 0 Å². The highest BCUT2D eigenvalue weighted by molar-refractivity contribution is 5.33. The number of para-hydroxylation sites is 1. The lowest BCUT2D eigenvalue weighted by Gasteiger charge is -2.14. The lowest BCUT2D eigenvalue weighted by Crippen LogP contribution is -2.24. The Morgan fingerprint density at radius 2 is 2.12 bits per heavy atom. The first kappa shape index (κ1) is 11.5. The second kappa shape index (κ2) is 5.35. The van der Waals surface area contributed by atoms with Crippen LogP contribution >= 0.6 is 0 Å². The highest BCUT2D eigenvalue weighted by atomic mass is 16.5. The van der Waals surface area contributed by atoms with E-state index in [1.807, 2.05) is 12.1 Å². The highest BCUT2D eigenvalue weighted by Crippen LogP contribution is 2.22. The van der Waals surface area contributed by atoms with Crippen molar-refractivity contribution in [1.82, 2.24) is 5.32 Å². The van der Waals surface area contributed by atoms with Gasteiger partial charge >= 0.3 is 0 Å². The summed E-state index contributed by atoms with van der Waals surface area (Å²) in [6.45, 7) is 3.41. The minimum Gasteiger partial charge on any atom is -0.496 e. The van der Waals surface area contributed by atoms with Gasteiger partial charge in [0, 0.05) is 6.04 Å². The summed E-state index contributed by atoms with van der Waals surface area (Å²) in [4.78, 5) is 0. The van der Waals surface area contributed by atoms with Gasteiger partial charge < -0.3 is 10.1 Å². The summed E-state index contributed by atoms with van der Waals surface area (Å²) < 4.78 is 5.36. The number of nitrogens with one attached hydrogen (secondary N) is 1. The fraction of sp³-hybridized carbons (Fsp3) is 0.571. The molecule has 1 aliphatic carbocycles. The van der Waals surface area contributed by atoms with Crippen molar-refractivity contribution in [2.45, 2.75) is 32.2 Å². The topological polar surface area (TPSA) is 21.3 Å². The Bertz CT molecular complexity index is 333. The molecule has 0 amide bonds. The molecular formula is C14H21NO. The Hall–Kier alpha value is -1.02. The van der Waals surface area contributed by atoms with E-state index in [1.165, 1.54) is 18.4 Å². The molecule has 0 aromatic heterocycles. The lowest BCUT2D eigenvalue weighted by atomic mass is 10.0. The van der Waals surface area contributed by atoms with Gasteiger partial charge in [-0.1, -0.05) is 25.1 Å². The maximum absolute atomic E-state index is 5.36. The number of benzene rings is 1. The Balaban J connectivity index is 1.85. The maximum atomic E-state index is 5.36. The van der Waals surface area contributed by atoms with Crippen molar-refractivity contribution < 1.29 is 4.74 Å². The average molecular weight is 219 g/mol. The van der Waals surface area contributed by atoms with Crippen molar-refractivity contribution in [1.29, 1.82) is 0 Å². The molecule has 1 aliphatic rings. The molecule has 88 valence electrons. The number of ether oxygens (including phenoxy) is 1. The molecule has 2 nitrogen and oxygen atoms in total. The van der Waals surface area contributed by atoms with Crippen LogP contribution in [0, 0.1) is 5.92 Å². The summed E-state index contributed by atoms with van der Waals surface area (Å²) in [5.41, 5.74) is 1.31. The molecule has 0 radical (unpaired) electrons. The zero-order valence-corrected chi connectivity index (χ0v) is 10.2. The van der Waals surface area contributed by atoms with E-state index in [9.17, 15) is 0 Å². The fourth-order valence-corrected chi connectivity index (χ4v) is 1.97. The van der Waals surface area contributed by atoms with Crippen LogP contribution in [0.2, 0.25) is 0 Å². The predicted molar refractivity (Wildman–Crippen MR) is 66.9 cm³/mol. The third-order valence-electron chi connectivity index (χ3n) is 3.09. The molecular weight excluding hydrogens is 198 g/mol. The van der Waals surface area contributed by atoms with Crippen molar-refractivity contribution in [3.63, 3.8) is 0 Å². The van der Waals surface area contributed by atoms with Crippen LogP contribution < -0.4 is 10.1 Å². The van der Waals surface area contributed by atoms with E-state index in [2.05, 4.69) is 24.4 Å². The molecule has 2 rings (SSSR count). The largest absolute Gasteiger partial charge is 0.496 e. The number of hydrogen-bond donors (Lipinski definition) is 1. The molecule has 16 heavy (non-hydrogen) atoms. The SMILES string of the molecule is COc1ccccc1CC(C)CNC1CC1. The summed E-state index contributed by atoms with van der Waals surface area (Å²) >= 11 is 0. The second-order valence-electron chi connectivity index (χ2n) is 4.80. The molecule has 1 atom stereocenters. The van der Waals surface area contributed by atoms with Crippen LogP contribution in [0.15, 0.2) is 24.3 Å². The second-order valence-corrected chi connectivity index (χ2v) is 4.80. The van der Waals surface area contributed by atoms with Crippen molar-refractivity contribution in [2.75, 3.05) is 13.7 Å². The van der Waals surface area contributed by atoms with Gasteiger partial charge in [0.15, 0.2) is 0 Å². The zero-order valence-electron chi connectivity index (χ0n) is 10.2. The molecule has 0 saturated heterocycles. The maximum Gasteiger partial charge on any atom is 0.122 e. The van der Waals surface area contributed by atoms with E-state index in [0.29, 0.717) is 5.92 Å². The van der Waals surface area contributed by atoms with Gasteiger partial charge in [-0.2, -0.15) is 0 Å². The Morgan fingerprint density at radius 3 is 2.81 bits per heavy atom. The third kappa shape index (κ3) is 3.24. The quantitative estimate of drug-likeness (QED) is 0.794. The van der Waals surface area contributed by atoms with Gasteiger partial charge in [-0.25, -0.2) is 0 Å². The Labute approximate surface area is 98.0 Å². The number of hydrogen-bond acceptors (Lipinski definition) is 2. The van der Waals surface area contributed by atoms with Gasteiger partial charge in [-0.3, -0.25) is 0 Å². The van der Waals surface area contributed by atoms with Crippen LogP contribution in [0.4, 0.5) is 0 Å². The van der Waals surface area contributed by atoms with Gasteiger partial charge in [-0.15, -0.1) is 0 Å². The molecule has 0 heterocycles. The molecule has 1 unspecified atom stereocenters. The molecule has 0 spiro atoms. The van der Waals surface area contributed by atoms with E-state index in [-0.39, 0.29) is 0 Å². The minimum absolute atomic E-state index is 0.664. The zero-order chi connectivity index (χ0) is 11.4. The normalized spacial score (nSPS) is 17.1. The van der Waals surface area contributed by atoms with Gasteiger partial charge in [0.2, 0.25) is 0 Å². The number of rotatable bonds is 6. The predicted octanol–water partition coefficient (Wildman–Crippen LogP) is 2.63. The summed E-state index contributed by atoms with van der Waals surface area (Å²) in [6.07, 6.45) is 3.81. The van der Waals surface area contributed by atoms with E-state index >= 15 is 0 Å². The first-order valence-electron chi connectivity index (χ1n) is 6.15. The van der Waals surface area contributed by atoms with Crippen LogP contribution in [-0.2, 0) is 6.42 Å². The minimum atomic E-state index is 0.664. The monoisotopic (exact) mass is 219 g/mol. The first-order valence-corrected chi connectivity index (χ1v) is 6.15. The van der Waals surface area contributed by atoms with E-state index in [1.54, 1.807) is 7.11 Å². The van der Waals surface area contributed by atoms with Crippen molar-refractivity contribution in [3.05, 3.63) is 29.8 Å². The Kier molecular flexibility index (Phi) is 3.83. The third-order valence-corrected chi connectivity index (χ3v) is 3.09. The van der Waals surface area contributed by atoms with E-state index in [0.717, 1.165) is 24.8 Å². The standard InChI is InChI=1S/C14H21NO/c1-11(10-15-13-7-8-13)9-12-5-3-4-6-14(12)16-2/h3-6,11,13,15H,7-10H2,1-2H3. The summed E-state index contributed by atoms with van der Waals surface area (Å²) in [7, 11) is 1.74. The molecule has 1 N–H and O–H groups in total. The van der Waals surface area contributed by atoms with Gasteiger partial charge in [0.05, 0.1) is 7.11 Å². The van der Waals surface area contributed by atoms with Crippen molar-refractivity contribution in [3.8, 4) is 5.75 Å². The molecule has 1 saturated carbocycles. The molecule has 1 aromatic carbocycles. The van der Waals surface area contributed by atoms with Crippen molar-refractivity contribution in [2.24, 2.45) is 5.92 Å². The van der Waals surface area contributed by atoms with Crippen LogP contribution in [-0.4, -0.2) is 19.7 Å². The van der Waals surface area contributed by atoms with Crippen LogP contribution in [0.3, 0.4) is 0 Å². The fourth-order valence-electron chi connectivity index (χ4n) is 1.97.